The first-order valence-electron chi connectivity index (χ1n) is 10.1. The molecule has 2 heterocycles. The molecule has 1 aliphatic rings. The second-order valence-electron chi connectivity index (χ2n) is 7.37. The van der Waals surface area contributed by atoms with E-state index in [1.54, 1.807) is 23.0 Å². The number of aromatic nitrogens is 4. The van der Waals surface area contributed by atoms with Crippen molar-refractivity contribution >= 4 is 33.9 Å². The van der Waals surface area contributed by atoms with Crippen molar-refractivity contribution < 1.29 is 5.76 Å². The van der Waals surface area contributed by atoms with Crippen LogP contribution in [0.1, 0.15) is 43.1 Å². The fourth-order valence-corrected chi connectivity index (χ4v) is 3.66. The molecule has 0 radical (unpaired) electrons. The maximum Gasteiger partial charge on any atom is 0.123 e. The minimum absolute atomic E-state index is 0.230. The van der Waals surface area contributed by atoms with E-state index in [0.29, 0.717) is 38.9 Å². The summed E-state index contributed by atoms with van der Waals surface area (Å²) in [7, 11) is 0. The number of pyridine rings is 1. The maximum absolute atomic E-state index is 13.6. The van der Waals surface area contributed by atoms with Crippen molar-refractivity contribution in [3.63, 3.8) is 0 Å². The molecular weight excluding hydrogens is 417 g/mol. The summed E-state index contributed by atoms with van der Waals surface area (Å²) in [5.41, 5.74) is 8.36. The molecule has 1 saturated carbocycles. The van der Waals surface area contributed by atoms with Crippen molar-refractivity contribution in [3.8, 4) is 6.07 Å². The summed E-state index contributed by atoms with van der Waals surface area (Å²) in [6, 6.07) is 9.65. The van der Waals surface area contributed by atoms with E-state index in [4.69, 9.17) is 17.3 Å². The lowest BCUT2D eigenvalue weighted by molar-refractivity contribution is 0.610. The molecule has 1 atom stereocenters. The van der Waals surface area contributed by atoms with Gasteiger partial charge in [-0.25, -0.2) is 9.07 Å². The third kappa shape index (κ3) is 3.64. The molecule has 0 amide bonds. The Morgan fingerprint density at radius 2 is 2.10 bits per heavy atom. The largest absolute Gasteiger partial charge is 0.397 e. The molecule has 0 saturated heterocycles. The summed E-state index contributed by atoms with van der Waals surface area (Å²) < 4.78 is 24.6. The normalized spacial score (nSPS) is 15.8. The summed E-state index contributed by atoms with van der Waals surface area (Å²) in [5.74, 6) is -0.408. The van der Waals surface area contributed by atoms with Gasteiger partial charge in [0.25, 0.3) is 0 Å². The Hall–Kier alpha value is -3.70. The highest BCUT2D eigenvalue weighted by atomic mass is 35.5. The second-order valence-corrected chi connectivity index (χ2v) is 7.78. The molecule has 0 aliphatic heterocycles. The minimum Gasteiger partial charge on any atom is -0.397 e. The predicted octanol–water partition coefficient (Wildman–Crippen LogP) is 4.61. The second kappa shape index (κ2) is 7.52. The number of nitrogens with two attached hydrogens (primary N) is 1. The van der Waals surface area contributed by atoms with Crippen LogP contribution in [0, 0.1) is 17.1 Å². The van der Waals surface area contributed by atoms with Gasteiger partial charge < -0.3 is 11.1 Å². The standard InChI is InChI=1S/C22H17ClFN7/c23-18-8-15(7-17-20(26)13(9-25)10-27-22(17)18)28-21(12-1-3-14(24)4-2-12)19-11-31(30-29-19)16-5-6-16/h1-4,7-8,10-11,16,21,28H,5-6H2,(H2,26,27)/t21-/m1/s1/i21D. The van der Waals surface area contributed by atoms with Crippen LogP contribution in [0.3, 0.4) is 0 Å². The molecule has 0 unspecified atom stereocenters. The zero-order valence-corrected chi connectivity index (χ0v) is 16.9. The number of halogens is 2. The molecule has 0 bridgehead atoms. The molecular formula is C22H17ClFN7. The van der Waals surface area contributed by atoms with E-state index in [-0.39, 0.29) is 11.3 Å². The van der Waals surface area contributed by atoms with Gasteiger partial charge in [0.15, 0.2) is 0 Å². The Balaban J connectivity index is 1.64. The van der Waals surface area contributed by atoms with E-state index in [1.807, 2.05) is 6.07 Å². The lowest BCUT2D eigenvalue weighted by Crippen LogP contribution is -2.13. The first kappa shape index (κ1) is 18.1. The first-order valence-corrected chi connectivity index (χ1v) is 10.0. The van der Waals surface area contributed by atoms with Crippen LogP contribution < -0.4 is 11.1 Å². The Bertz CT molecular complexity index is 1380. The summed E-state index contributed by atoms with van der Waals surface area (Å²) in [5, 5.41) is 21.6. The van der Waals surface area contributed by atoms with Crippen molar-refractivity contribution in [1.29, 1.82) is 5.26 Å². The lowest BCUT2D eigenvalue weighted by atomic mass is 10.0. The number of hydrogen-bond acceptors (Lipinski definition) is 6. The van der Waals surface area contributed by atoms with Crippen LogP contribution in [-0.4, -0.2) is 20.0 Å². The van der Waals surface area contributed by atoms with Gasteiger partial charge in [-0.3, -0.25) is 4.98 Å². The number of fused-ring (bicyclic) bond motifs is 1. The zero-order chi connectivity index (χ0) is 22.5. The van der Waals surface area contributed by atoms with Gasteiger partial charge in [0.1, 0.15) is 17.6 Å². The molecule has 1 fully saturated rings. The molecule has 5 rings (SSSR count). The van der Waals surface area contributed by atoms with E-state index in [1.165, 1.54) is 30.5 Å². The summed E-state index contributed by atoms with van der Waals surface area (Å²) in [4.78, 5) is 4.23. The highest BCUT2D eigenvalue weighted by Gasteiger charge is 2.27. The predicted molar refractivity (Wildman–Crippen MR) is 116 cm³/mol. The van der Waals surface area contributed by atoms with Gasteiger partial charge >= 0.3 is 0 Å². The average molecular weight is 435 g/mol. The molecule has 2 aromatic carbocycles. The van der Waals surface area contributed by atoms with Crippen LogP contribution in [0.15, 0.2) is 48.8 Å². The van der Waals surface area contributed by atoms with E-state index in [2.05, 4.69) is 20.6 Å². The molecule has 31 heavy (non-hydrogen) atoms. The Kier molecular flexibility index (Phi) is 4.39. The summed E-state index contributed by atoms with van der Waals surface area (Å²) in [6.07, 6.45) is 5.14. The van der Waals surface area contributed by atoms with Gasteiger partial charge in [-0.05, 0) is 42.7 Å². The average Bonchev–Trinajstić information content (AvgIpc) is 3.51. The Morgan fingerprint density at radius 1 is 1.32 bits per heavy atom. The fourth-order valence-electron chi connectivity index (χ4n) is 3.39. The van der Waals surface area contributed by atoms with Crippen LogP contribution in [0.5, 0.6) is 0 Å². The van der Waals surface area contributed by atoms with E-state index >= 15 is 0 Å². The van der Waals surface area contributed by atoms with Gasteiger partial charge in [0.2, 0.25) is 0 Å². The Morgan fingerprint density at radius 3 is 2.81 bits per heavy atom. The van der Waals surface area contributed by atoms with Gasteiger partial charge in [-0.2, -0.15) is 5.26 Å². The fraction of sp³-hybridized carbons (Fsp3) is 0.182. The van der Waals surface area contributed by atoms with Crippen molar-refractivity contribution in [3.05, 3.63) is 76.5 Å². The van der Waals surface area contributed by atoms with E-state index in [0.717, 1.165) is 12.8 Å². The molecule has 0 spiro atoms. The number of nitrogens with zero attached hydrogens (tertiary/aromatic N) is 5. The molecule has 1 aliphatic carbocycles. The number of rotatable bonds is 5. The molecule has 9 heteroatoms. The van der Waals surface area contributed by atoms with Crippen molar-refractivity contribution in [2.45, 2.75) is 24.9 Å². The zero-order valence-electron chi connectivity index (χ0n) is 17.2. The smallest absolute Gasteiger partial charge is 0.123 e. The quantitative estimate of drug-likeness (QED) is 0.475. The third-order valence-electron chi connectivity index (χ3n) is 5.18. The molecule has 2 aromatic heterocycles. The van der Waals surface area contributed by atoms with Crippen molar-refractivity contribution in [2.24, 2.45) is 0 Å². The van der Waals surface area contributed by atoms with Crippen LogP contribution in [0.2, 0.25) is 5.02 Å². The number of hydrogen-bond donors (Lipinski definition) is 2. The van der Waals surface area contributed by atoms with Crippen LogP contribution in [0.25, 0.3) is 10.9 Å². The number of nitriles is 1. The highest BCUT2D eigenvalue weighted by molar-refractivity contribution is 6.35. The van der Waals surface area contributed by atoms with Crippen LogP contribution >= 0.6 is 11.6 Å². The topological polar surface area (TPSA) is 105 Å². The van der Waals surface area contributed by atoms with Gasteiger partial charge in [0, 0.05) is 17.3 Å². The molecule has 154 valence electrons. The highest BCUT2D eigenvalue weighted by Crippen LogP contribution is 2.36. The molecule has 7 nitrogen and oxygen atoms in total. The minimum atomic E-state index is -1.59. The Labute approximate surface area is 183 Å². The number of benzene rings is 2. The van der Waals surface area contributed by atoms with Crippen LogP contribution in [-0.2, 0) is 0 Å². The first-order chi connectivity index (χ1) is 15.4. The molecule has 3 N–H and O–H groups in total. The maximum atomic E-state index is 13.6. The van der Waals surface area contributed by atoms with Crippen molar-refractivity contribution in [1.82, 2.24) is 20.0 Å². The van der Waals surface area contributed by atoms with Gasteiger partial charge in [-0.15, -0.1) is 5.10 Å². The number of anilines is 2. The molecule has 4 aromatic rings. The number of nitrogen functional groups attached to an aromatic ring is 1. The van der Waals surface area contributed by atoms with E-state index in [9.17, 15) is 11.0 Å². The lowest BCUT2D eigenvalue weighted by Gasteiger charge is -2.19. The van der Waals surface area contributed by atoms with Crippen molar-refractivity contribution in [2.75, 3.05) is 11.1 Å². The van der Waals surface area contributed by atoms with Crippen LogP contribution in [0.4, 0.5) is 15.8 Å². The van der Waals surface area contributed by atoms with Gasteiger partial charge in [0.05, 0.1) is 41.4 Å². The third-order valence-corrected chi connectivity index (χ3v) is 5.46. The number of nitrogens with one attached hydrogen (secondary N) is 1. The van der Waals surface area contributed by atoms with E-state index < -0.39 is 11.8 Å². The van der Waals surface area contributed by atoms with Gasteiger partial charge in [-0.1, -0.05) is 28.9 Å². The SMILES string of the molecule is [2H][C@@](Nc1cc(Cl)c2ncc(C#N)c(N)c2c1)(c1ccc(F)cc1)c1cn(C2CC2)nn1. The summed E-state index contributed by atoms with van der Waals surface area (Å²) >= 11 is 6.44. The monoisotopic (exact) mass is 434 g/mol. The summed E-state index contributed by atoms with van der Waals surface area (Å²) in [6.45, 7) is 0.